The van der Waals surface area contributed by atoms with E-state index in [4.69, 9.17) is 4.74 Å². The highest BCUT2D eigenvalue weighted by molar-refractivity contribution is 5.93. The fraction of sp³-hybridized carbons (Fsp3) is 0.800. The zero-order valence-corrected chi connectivity index (χ0v) is 10.2. The molecule has 0 atom stereocenters. The summed E-state index contributed by atoms with van der Waals surface area (Å²) in [5, 5.41) is 5.51. The van der Waals surface area contributed by atoms with Gasteiger partial charge in [-0.25, -0.2) is 4.79 Å². The predicted octanol–water partition coefficient (Wildman–Crippen LogP) is 1.50. The van der Waals surface area contributed by atoms with Gasteiger partial charge in [-0.05, 0) is 27.2 Å². The Morgan fingerprint density at radius 1 is 1.40 bits per heavy atom. The number of carbonyl (C=O) groups is 1. The summed E-state index contributed by atoms with van der Waals surface area (Å²) in [7, 11) is 1.61. The first-order valence-electron chi connectivity index (χ1n) is 5.09. The SMILES string of the molecule is CCCNC(=NC)NC(=O)OC(C)(C)C. The Hall–Kier alpha value is -1.26. The summed E-state index contributed by atoms with van der Waals surface area (Å²) in [6.07, 6.45) is 0.473. The molecule has 0 aromatic carbocycles. The van der Waals surface area contributed by atoms with Crippen LogP contribution < -0.4 is 10.6 Å². The quantitative estimate of drug-likeness (QED) is 0.542. The van der Waals surface area contributed by atoms with Crippen molar-refractivity contribution in [1.29, 1.82) is 0 Å². The van der Waals surface area contributed by atoms with Crippen molar-refractivity contribution in [2.45, 2.75) is 39.7 Å². The van der Waals surface area contributed by atoms with Crippen LogP contribution in [-0.4, -0.2) is 31.2 Å². The van der Waals surface area contributed by atoms with Gasteiger partial charge in [-0.15, -0.1) is 0 Å². The zero-order valence-electron chi connectivity index (χ0n) is 10.2. The van der Waals surface area contributed by atoms with Crippen LogP contribution in [0.25, 0.3) is 0 Å². The van der Waals surface area contributed by atoms with Crippen LogP contribution in [0.15, 0.2) is 4.99 Å². The van der Waals surface area contributed by atoms with Crippen LogP contribution in [0, 0.1) is 0 Å². The van der Waals surface area contributed by atoms with E-state index in [1.54, 1.807) is 7.05 Å². The minimum Gasteiger partial charge on any atom is -0.444 e. The van der Waals surface area contributed by atoms with Crippen molar-refractivity contribution in [3.63, 3.8) is 0 Å². The van der Waals surface area contributed by atoms with E-state index < -0.39 is 11.7 Å². The van der Waals surface area contributed by atoms with E-state index in [2.05, 4.69) is 15.6 Å². The Balaban J connectivity index is 4.03. The van der Waals surface area contributed by atoms with Gasteiger partial charge in [-0.1, -0.05) is 6.92 Å². The van der Waals surface area contributed by atoms with Crippen LogP contribution in [-0.2, 0) is 4.74 Å². The normalized spacial score (nSPS) is 12.2. The van der Waals surface area contributed by atoms with Crippen molar-refractivity contribution in [1.82, 2.24) is 10.6 Å². The number of aliphatic imine (C=N–C) groups is 1. The highest BCUT2D eigenvalue weighted by Crippen LogP contribution is 2.06. The molecule has 0 aliphatic carbocycles. The smallest absolute Gasteiger partial charge is 0.414 e. The molecule has 0 saturated carbocycles. The van der Waals surface area contributed by atoms with Gasteiger partial charge in [0.25, 0.3) is 0 Å². The van der Waals surface area contributed by atoms with Gasteiger partial charge in [-0.3, -0.25) is 10.3 Å². The lowest BCUT2D eigenvalue weighted by Crippen LogP contribution is -2.43. The number of amides is 1. The number of ether oxygens (including phenoxy) is 1. The van der Waals surface area contributed by atoms with E-state index in [0.29, 0.717) is 5.96 Å². The second-order valence-electron chi connectivity index (χ2n) is 4.13. The first-order chi connectivity index (χ1) is 6.89. The monoisotopic (exact) mass is 215 g/mol. The lowest BCUT2D eigenvalue weighted by Gasteiger charge is -2.20. The van der Waals surface area contributed by atoms with Crippen molar-refractivity contribution in [2.75, 3.05) is 13.6 Å². The van der Waals surface area contributed by atoms with E-state index in [-0.39, 0.29) is 0 Å². The molecule has 0 radical (unpaired) electrons. The summed E-state index contributed by atoms with van der Waals surface area (Å²) in [5.74, 6) is 0.436. The molecule has 0 aromatic heterocycles. The topological polar surface area (TPSA) is 62.7 Å². The van der Waals surface area contributed by atoms with E-state index >= 15 is 0 Å². The number of guanidine groups is 1. The molecule has 2 N–H and O–H groups in total. The molecule has 0 aliphatic rings. The van der Waals surface area contributed by atoms with Crippen LogP contribution in [0.4, 0.5) is 4.79 Å². The van der Waals surface area contributed by atoms with Gasteiger partial charge in [0, 0.05) is 13.6 Å². The number of rotatable bonds is 2. The van der Waals surface area contributed by atoms with Crippen LogP contribution in [0.5, 0.6) is 0 Å². The largest absolute Gasteiger partial charge is 0.444 e. The van der Waals surface area contributed by atoms with Gasteiger partial charge in [0.2, 0.25) is 5.96 Å². The molecule has 88 valence electrons. The molecule has 1 amide bonds. The fourth-order valence-electron chi connectivity index (χ4n) is 0.823. The number of carbonyl (C=O) groups excluding carboxylic acids is 1. The van der Waals surface area contributed by atoms with Crippen molar-refractivity contribution < 1.29 is 9.53 Å². The van der Waals surface area contributed by atoms with Crippen LogP contribution in [0.1, 0.15) is 34.1 Å². The van der Waals surface area contributed by atoms with Gasteiger partial charge >= 0.3 is 6.09 Å². The van der Waals surface area contributed by atoms with Gasteiger partial charge in [-0.2, -0.15) is 0 Å². The molecule has 0 spiro atoms. The van der Waals surface area contributed by atoms with Crippen molar-refractivity contribution >= 4 is 12.1 Å². The molecule has 5 nitrogen and oxygen atoms in total. The van der Waals surface area contributed by atoms with Gasteiger partial charge in [0.15, 0.2) is 0 Å². The summed E-state index contributed by atoms with van der Waals surface area (Å²) in [4.78, 5) is 15.2. The van der Waals surface area contributed by atoms with E-state index in [1.165, 1.54) is 0 Å². The molecule has 5 heteroatoms. The summed E-state index contributed by atoms with van der Waals surface area (Å²) < 4.78 is 5.08. The zero-order chi connectivity index (χ0) is 11.9. The number of nitrogens with zero attached hydrogens (tertiary/aromatic N) is 1. The highest BCUT2D eigenvalue weighted by Gasteiger charge is 2.16. The summed E-state index contributed by atoms with van der Waals surface area (Å²) in [6, 6.07) is 0. The maximum Gasteiger partial charge on any atom is 0.414 e. The third kappa shape index (κ3) is 7.78. The van der Waals surface area contributed by atoms with E-state index in [9.17, 15) is 4.79 Å². The van der Waals surface area contributed by atoms with Gasteiger partial charge in [0.05, 0.1) is 0 Å². The Morgan fingerprint density at radius 3 is 2.40 bits per heavy atom. The van der Waals surface area contributed by atoms with Crippen LogP contribution >= 0.6 is 0 Å². The van der Waals surface area contributed by atoms with E-state index in [1.807, 2.05) is 27.7 Å². The summed E-state index contributed by atoms with van der Waals surface area (Å²) in [6.45, 7) is 8.24. The van der Waals surface area contributed by atoms with Crippen LogP contribution in [0.2, 0.25) is 0 Å². The van der Waals surface area contributed by atoms with E-state index in [0.717, 1.165) is 13.0 Å². The van der Waals surface area contributed by atoms with Gasteiger partial charge < -0.3 is 10.1 Å². The molecule has 0 aromatic rings. The Kier molecular flexibility index (Phi) is 5.74. The average molecular weight is 215 g/mol. The molecule has 15 heavy (non-hydrogen) atoms. The fourth-order valence-corrected chi connectivity index (χ4v) is 0.823. The van der Waals surface area contributed by atoms with Gasteiger partial charge in [0.1, 0.15) is 5.60 Å². The second-order valence-corrected chi connectivity index (χ2v) is 4.13. The summed E-state index contributed by atoms with van der Waals surface area (Å²) >= 11 is 0. The minimum absolute atomic E-state index is 0.436. The standard InChI is InChI=1S/C10H21N3O2/c1-6-7-12-8(11-5)13-9(14)15-10(2,3)4/h6-7H2,1-5H3,(H2,11,12,13,14). The molecule has 0 aliphatic heterocycles. The number of nitrogens with one attached hydrogen (secondary N) is 2. The molecule has 0 fully saturated rings. The first kappa shape index (κ1) is 13.7. The average Bonchev–Trinajstić information content (AvgIpc) is 2.09. The molecule has 0 heterocycles. The van der Waals surface area contributed by atoms with Crippen LogP contribution in [0.3, 0.4) is 0 Å². The Morgan fingerprint density at radius 2 is 2.00 bits per heavy atom. The Labute approximate surface area is 91.3 Å². The summed E-state index contributed by atoms with van der Waals surface area (Å²) in [5.41, 5.74) is -0.492. The lowest BCUT2D eigenvalue weighted by atomic mass is 10.2. The molecule has 0 rings (SSSR count). The highest BCUT2D eigenvalue weighted by atomic mass is 16.6. The number of hydrogen-bond donors (Lipinski definition) is 2. The van der Waals surface area contributed by atoms with Crippen molar-refractivity contribution in [3.05, 3.63) is 0 Å². The van der Waals surface area contributed by atoms with Crippen molar-refractivity contribution in [3.8, 4) is 0 Å². The molecule has 0 unspecified atom stereocenters. The minimum atomic E-state index is -0.494. The molecule has 0 saturated heterocycles. The predicted molar refractivity (Wildman–Crippen MR) is 61.0 cm³/mol. The Bertz CT molecular complexity index is 231. The molecular weight excluding hydrogens is 194 g/mol. The molecule has 0 bridgehead atoms. The number of hydrogen-bond acceptors (Lipinski definition) is 3. The second kappa shape index (κ2) is 6.27. The number of alkyl carbamates (subject to hydrolysis) is 1. The third-order valence-electron chi connectivity index (χ3n) is 1.39. The lowest BCUT2D eigenvalue weighted by molar-refractivity contribution is 0.0561. The first-order valence-corrected chi connectivity index (χ1v) is 5.09. The molecular formula is C10H21N3O2. The third-order valence-corrected chi connectivity index (χ3v) is 1.39. The van der Waals surface area contributed by atoms with Crippen molar-refractivity contribution in [2.24, 2.45) is 4.99 Å². The maximum absolute atomic E-state index is 11.3. The maximum atomic E-state index is 11.3.